The van der Waals surface area contributed by atoms with Gasteiger partial charge in [-0.15, -0.1) is 0 Å². The Hall–Kier alpha value is -2.14. The van der Waals surface area contributed by atoms with E-state index in [9.17, 15) is 4.79 Å². The van der Waals surface area contributed by atoms with Crippen LogP contribution in [0.1, 0.15) is 5.56 Å². The Morgan fingerprint density at radius 2 is 2.12 bits per heavy atom. The molecule has 0 aliphatic rings. The van der Waals surface area contributed by atoms with E-state index in [2.05, 4.69) is 15.0 Å². The van der Waals surface area contributed by atoms with Crippen LogP contribution >= 0.6 is 0 Å². The van der Waals surface area contributed by atoms with Gasteiger partial charge in [0.15, 0.2) is 5.82 Å². The fourth-order valence-electron chi connectivity index (χ4n) is 1.46. The number of hydrogen-bond acceptors (Lipinski definition) is 4. The molecule has 0 spiro atoms. The molecule has 17 heavy (non-hydrogen) atoms. The van der Waals surface area contributed by atoms with E-state index in [0.29, 0.717) is 12.2 Å². The zero-order valence-corrected chi connectivity index (χ0v) is 9.17. The van der Waals surface area contributed by atoms with Crippen molar-refractivity contribution in [3.63, 3.8) is 0 Å². The highest BCUT2D eigenvalue weighted by molar-refractivity contribution is 5.93. The van der Waals surface area contributed by atoms with E-state index >= 15 is 0 Å². The molecule has 3 N–H and O–H groups in total. The molecule has 0 fully saturated rings. The SMILES string of the molecule is NC(Cc1ccccc1)C(=O)Nc1ccon1. The molecular formula is C12H13N3O2. The Labute approximate surface area is 98.6 Å². The van der Waals surface area contributed by atoms with Gasteiger partial charge in [-0.3, -0.25) is 4.79 Å². The third-order valence-electron chi connectivity index (χ3n) is 2.32. The second-order valence-electron chi connectivity index (χ2n) is 3.67. The average Bonchev–Trinajstić information content (AvgIpc) is 2.83. The molecule has 1 aromatic carbocycles. The number of nitrogens with zero attached hydrogens (tertiary/aromatic N) is 1. The van der Waals surface area contributed by atoms with E-state index in [1.54, 1.807) is 6.07 Å². The number of aromatic nitrogens is 1. The van der Waals surface area contributed by atoms with E-state index in [0.717, 1.165) is 5.56 Å². The van der Waals surface area contributed by atoms with Crippen LogP contribution in [-0.2, 0) is 11.2 Å². The molecule has 0 aliphatic carbocycles. The number of nitrogens with one attached hydrogen (secondary N) is 1. The molecule has 0 saturated carbocycles. The van der Waals surface area contributed by atoms with Crippen LogP contribution in [0.2, 0.25) is 0 Å². The van der Waals surface area contributed by atoms with Gasteiger partial charge in [0.25, 0.3) is 0 Å². The molecule has 5 heteroatoms. The van der Waals surface area contributed by atoms with Crippen molar-refractivity contribution in [3.8, 4) is 0 Å². The first-order chi connectivity index (χ1) is 8.25. The summed E-state index contributed by atoms with van der Waals surface area (Å²) in [7, 11) is 0. The van der Waals surface area contributed by atoms with E-state index in [1.807, 2.05) is 30.3 Å². The molecule has 88 valence electrons. The molecule has 0 saturated heterocycles. The van der Waals surface area contributed by atoms with Crippen LogP contribution in [-0.4, -0.2) is 17.1 Å². The van der Waals surface area contributed by atoms with Crippen LogP contribution in [0.3, 0.4) is 0 Å². The number of carbonyl (C=O) groups is 1. The largest absolute Gasteiger partial charge is 0.363 e. The second kappa shape index (κ2) is 5.27. The molecule has 5 nitrogen and oxygen atoms in total. The first-order valence-corrected chi connectivity index (χ1v) is 5.26. The molecule has 0 aliphatic heterocycles. The minimum atomic E-state index is -0.603. The van der Waals surface area contributed by atoms with Crippen LogP contribution in [0.5, 0.6) is 0 Å². The third-order valence-corrected chi connectivity index (χ3v) is 2.32. The van der Waals surface area contributed by atoms with Gasteiger partial charge >= 0.3 is 0 Å². The van der Waals surface area contributed by atoms with Crippen LogP contribution < -0.4 is 11.1 Å². The predicted octanol–water partition coefficient (Wildman–Crippen LogP) is 1.18. The van der Waals surface area contributed by atoms with Gasteiger partial charge in [-0.05, 0) is 12.0 Å². The Morgan fingerprint density at radius 1 is 1.35 bits per heavy atom. The van der Waals surface area contributed by atoms with Gasteiger partial charge in [-0.1, -0.05) is 35.5 Å². The summed E-state index contributed by atoms with van der Waals surface area (Å²) < 4.78 is 4.61. The summed E-state index contributed by atoms with van der Waals surface area (Å²) in [5, 5.41) is 6.16. The molecule has 0 bridgehead atoms. The number of rotatable bonds is 4. The lowest BCUT2D eigenvalue weighted by molar-refractivity contribution is -0.117. The summed E-state index contributed by atoms with van der Waals surface area (Å²) >= 11 is 0. The summed E-state index contributed by atoms with van der Waals surface area (Å²) in [5.74, 6) is 0.0984. The van der Waals surface area contributed by atoms with Crippen molar-refractivity contribution in [3.05, 3.63) is 48.2 Å². The molecule has 1 amide bonds. The first-order valence-electron chi connectivity index (χ1n) is 5.26. The summed E-state index contributed by atoms with van der Waals surface area (Å²) in [5.41, 5.74) is 6.82. The van der Waals surface area contributed by atoms with E-state index < -0.39 is 6.04 Å². The van der Waals surface area contributed by atoms with Crippen LogP contribution in [0.15, 0.2) is 47.2 Å². The second-order valence-corrected chi connectivity index (χ2v) is 3.67. The number of carbonyl (C=O) groups excluding carboxylic acids is 1. The predicted molar refractivity (Wildman–Crippen MR) is 63.3 cm³/mol. The van der Waals surface area contributed by atoms with Gasteiger partial charge in [0.2, 0.25) is 5.91 Å². The molecule has 1 unspecified atom stereocenters. The summed E-state index contributed by atoms with van der Waals surface area (Å²) in [6, 6.07) is 10.6. The lowest BCUT2D eigenvalue weighted by Crippen LogP contribution is -2.37. The topological polar surface area (TPSA) is 81.2 Å². The molecule has 1 atom stereocenters. The van der Waals surface area contributed by atoms with Crippen molar-refractivity contribution in [2.24, 2.45) is 5.73 Å². The maximum atomic E-state index is 11.7. The smallest absolute Gasteiger partial charge is 0.242 e. The minimum Gasteiger partial charge on any atom is -0.363 e. The van der Waals surface area contributed by atoms with Gasteiger partial charge in [-0.25, -0.2) is 0 Å². The third kappa shape index (κ3) is 3.15. The van der Waals surface area contributed by atoms with Gasteiger partial charge < -0.3 is 15.6 Å². The Bertz CT molecular complexity index is 468. The van der Waals surface area contributed by atoms with Gasteiger partial charge in [-0.2, -0.15) is 0 Å². The number of anilines is 1. The lowest BCUT2D eigenvalue weighted by atomic mass is 10.1. The molecule has 1 heterocycles. The standard InChI is InChI=1S/C12H13N3O2/c13-10(8-9-4-2-1-3-5-9)12(16)14-11-6-7-17-15-11/h1-7,10H,8,13H2,(H,14,15,16). The minimum absolute atomic E-state index is 0.275. The Kier molecular flexibility index (Phi) is 3.52. The van der Waals surface area contributed by atoms with Crippen LogP contribution in [0.4, 0.5) is 5.82 Å². The molecule has 2 rings (SSSR count). The van der Waals surface area contributed by atoms with Crippen molar-refractivity contribution >= 4 is 11.7 Å². The maximum Gasteiger partial charge on any atom is 0.242 e. The van der Waals surface area contributed by atoms with Crippen molar-refractivity contribution in [1.82, 2.24) is 5.16 Å². The number of amides is 1. The average molecular weight is 231 g/mol. The van der Waals surface area contributed by atoms with Crippen LogP contribution in [0.25, 0.3) is 0 Å². The quantitative estimate of drug-likeness (QED) is 0.828. The zero-order chi connectivity index (χ0) is 12.1. The molecular weight excluding hydrogens is 218 g/mol. The normalized spacial score (nSPS) is 12.1. The Balaban J connectivity index is 1.92. The van der Waals surface area contributed by atoms with E-state index in [-0.39, 0.29) is 5.91 Å². The summed E-state index contributed by atoms with van der Waals surface area (Å²) in [4.78, 5) is 11.7. The van der Waals surface area contributed by atoms with Crippen molar-refractivity contribution in [2.75, 3.05) is 5.32 Å². The van der Waals surface area contributed by atoms with Crippen LogP contribution in [0, 0.1) is 0 Å². The van der Waals surface area contributed by atoms with E-state index in [4.69, 9.17) is 5.73 Å². The molecule has 1 aromatic heterocycles. The number of nitrogens with two attached hydrogens (primary N) is 1. The van der Waals surface area contributed by atoms with Crippen molar-refractivity contribution < 1.29 is 9.32 Å². The fourth-order valence-corrected chi connectivity index (χ4v) is 1.46. The monoisotopic (exact) mass is 231 g/mol. The molecule has 0 radical (unpaired) electrons. The molecule has 2 aromatic rings. The highest BCUT2D eigenvalue weighted by atomic mass is 16.5. The highest BCUT2D eigenvalue weighted by Gasteiger charge is 2.14. The summed E-state index contributed by atoms with van der Waals surface area (Å²) in [6.07, 6.45) is 1.88. The van der Waals surface area contributed by atoms with Gasteiger partial charge in [0.05, 0.1) is 6.04 Å². The number of benzene rings is 1. The highest BCUT2D eigenvalue weighted by Crippen LogP contribution is 2.05. The maximum absolute atomic E-state index is 11.7. The van der Waals surface area contributed by atoms with E-state index in [1.165, 1.54) is 6.26 Å². The first kappa shape index (κ1) is 11.3. The fraction of sp³-hybridized carbons (Fsp3) is 0.167. The summed E-state index contributed by atoms with van der Waals surface area (Å²) in [6.45, 7) is 0. The Morgan fingerprint density at radius 3 is 2.76 bits per heavy atom. The van der Waals surface area contributed by atoms with Crippen molar-refractivity contribution in [1.29, 1.82) is 0 Å². The van der Waals surface area contributed by atoms with Gasteiger partial charge in [0, 0.05) is 6.07 Å². The zero-order valence-electron chi connectivity index (χ0n) is 9.17. The number of hydrogen-bond donors (Lipinski definition) is 2. The van der Waals surface area contributed by atoms with Crippen molar-refractivity contribution in [2.45, 2.75) is 12.5 Å². The van der Waals surface area contributed by atoms with Gasteiger partial charge in [0.1, 0.15) is 6.26 Å². The lowest BCUT2D eigenvalue weighted by Gasteiger charge is -2.10.